The lowest BCUT2D eigenvalue weighted by atomic mass is 9.88. The summed E-state index contributed by atoms with van der Waals surface area (Å²) in [5.74, 6) is 0.0764. The Bertz CT molecular complexity index is 1360. The van der Waals surface area contributed by atoms with Gasteiger partial charge in [-0.05, 0) is 24.5 Å². The molecule has 5 aromatic rings. The highest BCUT2D eigenvalue weighted by molar-refractivity contribution is 5.95. The summed E-state index contributed by atoms with van der Waals surface area (Å²) in [6.45, 7) is 2.46. The van der Waals surface area contributed by atoms with Crippen LogP contribution in [0.4, 0.5) is 0 Å². The normalized spacial score (nSPS) is 11.1. The number of hydrogen-bond donors (Lipinski definition) is 1. The summed E-state index contributed by atoms with van der Waals surface area (Å²) in [6.07, 6.45) is 2.44. The standard InChI is InChI=1S/C29H26N4O/c1-21-26(20-31-28-19-27(32-33(21)28)24-15-9-4-10-16-24)29(34)30-18-17-25(22-11-5-2-6-12-22)23-13-7-3-8-14-23/h2-16,19-20,25H,17-18H2,1H3,(H,30,34). The van der Waals surface area contributed by atoms with E-state index in [1.54, 1.807) is 10.7 Å². The highest BCUT2D eigenvalue weighted by Crippen LogP contribution is 2.27. The molecule has 0 unspecified atom stereocenters. The number of fused-ring (bicyclic) bond motifs is 1. The minimum absolute atomic E-state index is 0.136. The van der Waals surface area contributed by atoms with Gasteiger partial charge in [0.05, 0.1) is 17.0 Å². The second kappa shape index (κ2) is 9.71. The van der Waals surface area contributed by atoms with Crippen molar-refractivity contribution in [2.75, 3.05) is 6.54 Å². The van der Waals surface area contributed by atoms with Crippen molar-refractivity contribution in [2.24, 2.45) is 0 Å². The maximum absolute atomic E-state index is 13.0. The molecular formula is C29H26N4O. The molecule has 3 aromatic carbocycles. The number of rotatable bonds is 7. The molecule has 0 bridgehead atoms. The van der Waals surface area contributed by atoms with Crippen LogP contribution in [0.5, 0.6) is 0 Å². The Balaban J connectivity index is 1.33. The smallest absolute Gasteiger partial charge is 0.254 e. The topological polar surface area (TPSA) is 59.3 Å². The van der Waals surface area contributed by atoms with Gasteiger partial charge in [-0.25, -0.2) is 9.50 Å². The average molecular weight is 447 g/mol. The van der Waals surface area contributed by atoms with E-state index in [1.807, 2.05) is 55.5 Å². The zero-order valence-electron chi connectivity index (χ0n) is 19.1. The molecule has 0 saturated carbocycles. The van der Waals surface area contributed by atoms with Crippen LogP contribution >= 0.6 is 0 Å². The molecule has 2 heterocycles. The monoisotopic (exact) mass is 446 g/mol. The van der Waals surface area contributed by atoms with Gasteiger partial charge < -0.3 is 5.32 Å². The molecule has 0 aliphatic carbocycles. The van der Waals surface area contributed by atoms with E-state index in [0.29, 0.717) is 12.1 Å². The summed E-state index contributed by atoms with van der Waals surface area (Å²) >= 11 is 0. The SMILES string of the molecule is Cc1c(C(=O)NCCC(c2ccccc2)c2ccccc2)cnc2cc(-c3ccccc3)nn12. The summed E-state index contributed by atoms with van der Waals surface area (Å²) in [7, 11) is 0. The van der Waals surface area contributed by atoms with Crippen molar-refractivity contribution in [2.45, 2.75) is 19.3 Å². The molecule has 5 rings (SSSR count). The van der Waals surface area contributed by atoms with E-state index in [9.17, 15) is 4.79 Å². The van der Waals surface area contributed by atoms with Gasteiger partial charge >= 0.3 is 0 Å². The van der Waals surface area contributed by atoms with Gasteiger partial charge in [0.1, 0.15) is 0 Å². The van der Waals surface area contributed by atoms with Gasteiger partial charge in [0.15, 0.2) is 5.65 Å². The molecule has 5 nitrogen and oxygen atoms in total. The van der Waals surface area contributed by atoms with Crippen LogP contribution < -0.4 is 5.32 Å². The van der Waals surface area contributed by atoms with Crippen LogP contribution in [0.25, 0.3) is 16.9 Å². The van der Waals surface area contributed by atoms with E-state index in [2.05, 4.69) is 63.9 Å². The highest BCUT2D eigenvalue weighted by atomic mass is 16.1. The Morgan fingerprint density at radius 1 is 0.882 bits per heavy atom. The number of carbonyl (C=O) groups is 1. The second-order valence-corrected chi connectivity index (χ2v) is 8.34. The van der Waals surface area contributed by atoms with Crippen LogP contribution in [0.3, 0.4) is 0 Å². The molecule has 0 aliphatic rings. The molecule has 1 amide bonds. The molecule has 2 aromatic heterocycles. The van der Waals surface area contributed by atoms with E-state index in [4.69, 9.17) is 0 Å². The Morgan fingerprint density at radius 3 is 2.09 bits per heavy atom. The Morgan fingerprint density at radius 2 is 1.47 bits per heavy atom. The van der Waals surface area contributed by atoms with Gasteiger partial charge in [0.2, 0.25) is 0 Å². The molecule has 5 heteroatoms. The molecule has 0 atom stereocenters. The van der Waals surface area contributed by atoms with Crippen molar-refractivity contribution in [1.29, 1.82) is 0 Å². The molecular weight excluding hydrogens is 420 g/mol. The Kier molecular flexibility index (Phi) is 6.17. The Labute approximate surface area is 199 Å². The number of benzene rings is 3. The van der Waals surface area contributed by atoms with Gasteiger partial charge in [-0.1, -0.05) is 91.0 Å². The third kappa shape index (κ3) is 4.46. The van der Waals surface area contributed by atoms with E-state index in [1.165, 1.54) is 11.1 Å². The van der Waals surface area contributed by atoms with E-state index < -0.39 is 0 Å². The van der Waals surface area contributed by atoms with Crippen molar-refractivity contribution in [3.63, 3.8) is 0 Å². The third-order valence-electron chi connectivity index (χ3n) is 6.16. The van der Waals surface area contributed by atoms with E-state index >= 15 is 0 Å². The van der Waals surface area contributed by atoms with E-state index in [-0.39, 0.29) is 11.8 Å². The Hall–Kier alpha value is -4.25. The van der Waals surface area contributed by atoms with Gasteiger partial charge in [0, 0.05) is 30.3 Å². The summed E-state index contributed by atoms with van der Waals surface area (Å²) in [6, 6.07) is 32.8. The summed E-state index contributed by atoms with van der Waals surface area (Å²) < 4.78 is 1.74. The van der Waals surface area contributed by atoms with Crippen molar-refractivity contribution >= 4 is 11.6 Å². The van der Waals surface area contributed by atoms with Crippen molar-refractivity contribution < 1.29 is 4.79 Å². The largest absolute Gasteiger partial charge is 0.352 e. The zero-order chi connectivity index (χ0) is 23.3. The van der Waals surface area contributed by atoms with Gasteiger partial charge in [0.25, 0.3) is 5.91 Å². The minimum Gasteiger partial charge on any atom is -0.352 e. The number of aryl methyl sites for hydroxylation is 1. The number of amides is 1. The van der Waals surface area contributed by atoms with Crippen molar-refractivity contribution in [1.82, 2.24) is 19.9 Å². The molecule has 0 radical (unpaired) electrons. The maximum Gasteiger partial charge on any atom is 0.254 e. The number of nitrogens with zero attached hydrogens (tertiary/aromatic N) is 3. The number of aromatic nitrogens is 3. The first kappa shape index (κ1) is 21.6. The fourth-order valence-corrected chi connectivity index (χ4v) is 4.34. The summed E-state index contributed by atoms with van der Waals surface area (Å²) in [5.41, 5.74) is 6.37. The first-order valence-electron chi connectivity index (χ1n) is 11.5. The molecule has 1 N–H and O–H groups in total. The molecule has 0 aliphatic heterocycles. The predicted molar refractivity (Wildman–Crippen MR) is 135 cm³/mol. The lowest BCUT2D eigenvalue weighted by Gasteiger charge is -2.18. The molecule has 34 heavy (non-hydrogen) atoms. The molecule has 0 spiro atoms. The molecule has 0 saturated heterocycles. The van der Waals surface area contributed by atoms with Gasteiger partial charge in [-0.2, -0.15) is 5.10 Å². The maximum atomic E-state index is 13.0. The highest BCUT2D eigenvalue weighted by Gasteiger charge is 2.17. The minimum atomic E-state index is -0.136. The van der Waals surface area contributed by atoms with Gasteiger partial charge in [-0.15, -0.1) is 0 Å². The van der Waals surface area contributed by atoms with Crippen LogP contribution in [0.1, 0.15) is 39.5 Å². The van der Waals surface area contributed by atoms with Crippen LogP contribution in [0.15, 0.2) is 103 Å². The lowest BCUT2D eigenvalue weighted by molar-refractivity contribution is 0.0951. The fraction of sp³-hybridized carbons (Fsp3) is 0.138. The van der Waals surface area contributed by atoms with Crippen molar-refractivity contribution in [3.8, 4) is 11.3 Å². The van der Waals surface area contributed by atoms with Crippen LogP contribution in [-0.2, 0) is 0 Å². The fourth-order valence-electron chi connectivity index (χ4n) is 4.34. The van der Waals surface area contributed by atoms with Gasteiger partial charge in [-0.3, -0.25) is 4.79 Å². The number of hydrogen-bond acceptors (Lipinski definition) is 3. The molecule has 168 valence electrons. The third-order valence-corrected chi connectivity index (χ3v) is 6.16. The first-order valence-corrected chi connectivity index (χ1v) is 11.5. The van der Waals surface area contributed by atoms with E-state index in [0.717, 1.165) is 29.0 Å². The quantitative estimate of drug-likeness (QED) is 0.351. The van der Waals surface area contributed by atoms with Crippen molar-refractivity contribution in [3.05, 3.63) is 126 Å². The predicted octanol–water partition coefficient (Wildman–Crippen LogP) is 5.66. The summed E-state index contributed by atoms with van der Waals surface area (Å²) in [4.78, 5) is 17.5. The first-order chi connectivity index (χ1) is 16.7. The van der Waals surface area contributed by atoms with Crippen LogP contribution in [0.2, 0.25) is 0 Å². The number of carbonyl (C=O) groups excluding carboxylic acids is 1. The zero-order valence-corrected chi connectivity index (χ0v) is 19.1. The number of nitrogens with one attached hydrogen (secondary N) is 1. The average Bonchev–Trinajstić information content (AvgIpc) is 3.34. The second-order valence-electron chi connectivity index (χ2n) is 8.34. The summed E-state index contributed by atoms with van der Waals surface area (Å²) in [5, 5.41) is 7.78. The van der Waals surface area contributed by atoms with Crippen LogP contribution in [-0.4, -0.2) is 27.0 Å². The molecule has 0 fully saturated rings. The lowest BCUT2D eigenvalue weighted by Crippen LogP contribution is -2.27. The van der Waals surface area contributed by atoms with Crippen LogP contribution in [0, 0.1) is 6.92 Å².